The first kappa shape index (κ1) is 13.6. The van der Waals surface area contributed by atoms with Gasteiger partial charge in [-0.3, -0.25) is 0 Å². The second-order valence-corrected chi connectivity index (χ2v) is 4.47. The molecule has 1 aromatic rings. The molecule has 0 aromatic heterocycles. The van der Waals surface area contributed by atoms with E-state index >= 15 is 0 Å². The molecular formula is C12H12F4N2O. The molecule has 1 aromatic carbocycles. The molecule has 7 heteroatoms. The first-order valence-corrected chi connectivity index (χ1v) is 5.64. The van der Waals surface area contributed by atoms with Gasteiger partial charge in [0.15, 0.2) is 0 Å². The van der Waals surface area contributed by atoms with Crippen LogP contribution < -0.4 is 0 Å². The maximum atomic E-state index is 13.2. The number of carbonyl (C=O) groups excluding carboxylic acids is 1. The highest BCUT2D eigenvalue weighted by Crippen LogP contribution is 2.30. The highest BCUT2D eigenvalue weighted by atomic mass is 19.4. The molecule has 0 spiro atoms. The van der Waals surface area contributed by atoms with E-state index in [9.17, 15) is 22.4 Å². The summed E-state index contributed by atoms with van der Waals surface area (Å²) in [4.78, 5) is 14.5. The van der Waals surface area contributed by atoms with E-state index in [1.54, 1.807) is 7.05 Å². The van der Waals surface area contributed by atoms with Crippen molar-refractivity contribution in [3.05, 3.63) is 35.1 Å². The lowest BCUT2D eigenvalue weighted by Gasteiger charge is -2.17. The predicted octanol–water partition coefficient (Wildman–Crippen LogP) is 2.71. The topological polar surface area (TPSA) is 23.6 Å². The Morgan fingerprint density at radius 1 is 1.21 bits per heavy atom. The van der Waals surface area contributed by atoms with Crippen molar-refractivity contribution in [3.63, 3.8) is 0 Å². The summed E-state index contributed by atoms with van der Waals surface area (Å²) in [6, 6.07) is 2.06. The molecule has 1 saturated heterocycles. The van der Waals surface area contributed by atoms with Crippen LogP contribution in [-0.4, -0.2) is 36.0 Å². The van der Waals surface area contributed by atoms with E-state index < -0.39 is 17.6 Å². The Balaban J connectivity index is 2.22. The highest BCUT2D eigenvalue weighted by Gasteiger charge is 2.32. The lowest BCUT2D eigenvalue weighted by atomic mass is 10.1. The standard InChI is InChI=1S/C12H12F4N2O/c1-17-2-3-18(11(17)19)7-8-4-9(12(14,15)16)6-10(13)5-8/h4-6H,2-3,7H2,1H3. The van der Waals surface area contributed by atoms with Crippen LogP contribution >= 0.6 is 0 Å². The first-order chi connectivity index (χ1) is 8.77. The van der Waals surface area contributed by atoms with Crippen molar-refractivity contribution in [2.24, 2.45) is 0 Å². The van der Waals surface area contributed by atoms with Gasteiger partial charge in [0.2, 0.25) is 0 Å². The van der Waals surface area contributed by atoms with Gasteiger partial charge in [-0.05, 0) is 23.8 Å². The maximum Gasteiger partial charge on any atom is 0.416 e. The molecule has 0 aliphatic carbocycles. The average Bonchev–Trinajstić information content (AvgIpc) is 2.59. The molecule has 0 bridgehead atoms. The molecule has 0 N–H and O–H groups in total. The summed E-state index contributed by atoms with van der Waals surface area (Å²) in [6.45, 7) is 0.914. The zero-order valence-electron chi connectivity index (χ0n) is 10.2. The number of halogens is 4. The van der Waals surface area contributed by atoms with E-state index in [1.807, 2.05) is 0 Å². The molecule has 3 nitrogen and oxygen atoms in total. The number of hydrogen-bond donors (Lipinski definition) is 0. The number of rotatable bonds is 2. The second kappa shape index (κ2) is 4.71. The zero-order valence-corrected chi connectivity index (χ0v) is 10.2. The number of carbonyl (C=O) groups is 1. The lowest BCUT2D eigenvalue weighted by molar-refractivity contribution is -0.137. The third kappa shape index (κ3) is 2.97. The highest BCUT2D eigenvalue weighted by molar-refractivity contribution is 5.76. The molecule has 1 aliphatic heterocycles. The van der Waals surface area contributed by atoms with Crippen LogP contribution in [-0.2, 0) is 12.7 Å². The lowest BCUT2D eigenvalue weighted by Crippen LogP contribution is -2.29. The Kier molecular flexibility index (Phi) is 3.38. The SMILES string of the molecule is CN1CCN(Cc2cc(F)cc(C(F)(F)F)c2)C1=O. The summed E-state index contributed by atoms with van der Waals surface area (Å²) in [5, 5.41) is 0. The Morgan fingerprint density at radius 3 is 2.42 bits per heavy atom. The second-order valence-electron chi connectivity index (χ2n) is 4.47. The molecule has 0 unspecified atom stereocenters. The van der Waals surface area contributed by atoms with Crippen molar-refractivity contribution >= 4 is 6.03 Å². The van der Waals surface area contributed by atoms with Gasteiger partial charge in [0.1, 0.15) is 5.82 Å². The zero-order chi connectivity index (χ0) is 14.2. The van der Waals surface area contributed by atoms with Gasteiger partial charge < -0.3 is 9.80 Å². The Hall–Kier alpha value is -1.79. The number of amides is 2. The average molecular weight is 276 g/mol. The largest absolute Gasteiger partial charge is 0.416 e. The van der Waals surface area contributed by atoms with Crippen LogP contribution in [0.4, 0.5) is 22.4 Å². The van der Waals surface area contributed by atoms with E-state index in [0.29, 0.717) is 19.2 Å². The van der Waals surface area contributed by atoms with E-state index in [2.05, 4.69) is 0 Å². The molecule has 1 heterocycles. The molecule has 1 aliphatic rings. The number of alkyl halides is 3. The Labute approximate surface area is 107 Å². The third-order valence-electron chi connectivity index (χ3n) is 2.96. The monoisotopic (exact) mass is 276 g/mol. The van der Waals surface area contributed by atoms with Crippen molar-refractivity contribution in [2.45, 2.75) is 12.7 Å². The van der Waals surface area contributed by atoms with E-state index in [-0.39, 0.29) is 18.1 Å². The van der Waals surface area contributed by atoms with Crippen LogP contribution in [0.25, 0.3) is 0 Å². The Bertz CT molecular complexity index is 501. The van der Waals surface area contributed by atoms with Crippen molar-refractivity contribution in [1.82, 2.24) is 9.80 Å². The molecule has 19 heavy (non-hydrogen) atoms. The van der Waals surface area contributed by atoms with E-state index in [1.165, 1.54) is 9.80 Å². The summed E-state index contributed by atoms with van der Waals surface area (Å²) in [7, 11) is 1.61. The minimum Gasteiger partial charge on any atom is -0.326 e. The van der Waals surface area contributed by atoms with E-state index in [4.69, 9.17) is 0 Å². The van der Waals surface area contributed by atoms with Crippen molar-refractivity contribution in [1.29, 1.82) is 0 Å². The molecule has 0 atom stereocenters. The fourth-order valence-corrected chi connectivity index (χ4v) is 1.98. The number of hydrogen-bond acceptors (Lipinski definition) is 1. The molecule has 2 amide bonds. The first-order valence-electron chi connectivity index (χ1n) is 5.64. The van der Waals surface area contributed by atoms with E-state index in [0.717, 1.165) is 12.1 Å². The quantitative estimate of drug-likeness (QED) is 0.762. The van der Waals surface area contributed by atoms with Crippen LogP contribution in [0.3, 0.4) is 0 Å². The fourth-order valence-electron chi connectivity index (χ4n) is 1.98. The van der Waals surface area contributed by atoms with Gasteiger partial charge >= 0.3 is 12.2 Å². The Morgan fingerprint density at radius 2 is 1.89 bits per heavy atom. The molecule has 0 radical (unpaired) electrons. The molecule has 104 valence electrons. The molecular weight excluding hydrogens is 264 g/mol. The number of urea groups is 1. The smallest absolute Gasteiger partial charge is 0.326 e. The number of nitrogens with zero attached hydrogens (tertiary/aromatic N) is 2. The van der Waals surface area contributed by atoms with Gasteiger partial charge in [-0.15, -0.1) is 0 Å². The minimum absolute atomic E-state index is 0.0238. The summed E-state index contributed by atoms with van der Waals surface area (Å²) < 4.78 is 50.8. The van der Waals surface area contributed by atoms with Crippen LogP contribution in [0.15, 0.2) is 18.2 Å². The van der Waals surface area contributed by atoms with Gasteiger partial charge in [0.05, 0.1) is 5.56 Å². The third-order valence-corrected chi connectivity index (χ3v) is 2.96. The summed E-state index contributed by atoms with van der Waals surface area (Å²) in [6.07, 6.45) is -4.59. The molecule has 0 saturated carbocycles. The van der Waals surface area contributed by atoms with Gasteiger partial charge in [-0.2, -0.15) is 13.2 Å². The van der Waals surface area contributed by atoms with Gasteiger partial charge in [0, 0.05) is 26.7 Å². The van der Waals surface area contributed by atoms with Crippen LogP contribution in [0.1, 0.15) is 11.1 Å². The van der Waals surface area contributed by atoms with Gasteiger partial charge in [-0.25, -0.2) is 9.18 Å². The van der Waals surface area contributed by atoms with Gasteiger partial charge in [-0.1, -0.05) is 0 Å². The summed E-state index contributed by atoms with van der Waals surface area (Å²) in [5.41, 5.74) is -0.904. The van der Waals surface area contributed by atoms with Crippen molar-refractivity contribution in [2.75, 3.05) is 20.1 Å². The molecule has 2 rings (SSSR count). The minimum atomic E-state index is -4.59. The van der Waals surface area contributed by atoms with Crippen LogP contribution in [0, 0.1) is 5.82 Å². The summed E-state index contributed by atoms with van der Waals surface area (Å²) in [5.74, 6) is -0.954. The number of benzene rings is 1. The normalized spacial score (nSPS) is 16.4. The van der Waals surface area contributed by atoms with Crippen molar-refractivity contribution in [3.8, 4) is 0 Å². The molecule has 1 fully saturated rings. The van der Waals surface area contributed by atoms with Crippen LogP contribution in [0.5, 0.6) is 0 Å². The fraction of sp³-hybridized carbons (Fsp3) is 0.417. The summed E-state index contributed by atoms with van der Waals surface area (Å²) >= 11 is 0. The maximum absolute atomic E-state index is 13.2. The van der Waals surface area contributed by atoms with Crippen molar-refractivity contribution < 1.29 is 22.4 Å². The number of likely N-dealkylation sites (N-methyl/N-ethyl adjacent to an activating group) is 1. The van der Waals surface area contributed by atoms with Crippen LogP contribution in [0.2, 0.25) is 0 Å². The van der Waals surface area contributed by atoms with Gasteiger partial charge in [0.25, 0.3) is 0 Å². The predicted molar refractivity (Wildman–Crippen MR) is 59.8 cm³/mol.